The molecule has 150 valence electrons. The summed E-state index contributed by atoms with van der Waals surface area (Å²) in [5.74, 6) is 0. The van der Waals surface area contributed by atoms with E-state index in [4.69, 9.17) is 12.8 Å². The molecule has 0 aromatic heterocycles. The van der Waals surface area contributed by atoms with Gasteiger partial charge in [0.1, 0.15) is 0 Å². The van der Waals surface area contributed by atoms with Crippen LogP contribution in [-0.2, 0) is 0 Å². The second-order valence-electron chi connectivity index (χ2n) is 7.50. The van der Waals surface area contributed by atoms with Gasteiger partial charge in [0, 0.05) is 0 Å². The molecule has 32 heavy (non-hydrogen) atoms. The molecule has 4 aromatic carbocycles. The van der Waals surface area contributed by atoms with E-state index in [1.807, 2.05) is 24.3 Å². The van der Waals surface area contributed by atoms with Crippen molar-refractivity contribution in [1.82, 2.24) is 0 Å². The van der Waals surface area contributed by atoms with E-state index in [0.29, 0.717) is 0 Å². The van der Waals surface area contributed by atoms with Crippen LogP contribution in [0.15, 0.2) is 121 Å². The van der Waals surface area contributed by atoms with Crippen LogP contribution in [0.4, 0.5) is 0 Å². The minimum absolute atomic E-state index is 1.18. The summed E-state index contributed by atoms with van der Waals surface area (Å²) in [6.45, 7) is 0. The van der Waals surface area contributed by atoms with Crippen LogP contribution in [0.1, 0.15) is 0 Å². The van der Waals surface area contributed by atoms with Crippen LogP contribution in [0.3, 0.4) is 0 Å². The average molecular weight is 620 g/mol. The zero-order chi connectivity index (χ0) is 22.3. The van der Waals surface area contributed by atoms with E-state index in [1.54, 1.807) is 0 Å². The van der Waals surface area contributed by atoms with Gasteiger partial charge in [0.25, 0.3) is 0 Å². The van der Waals surface area contributed by atoms with Crippen LogP contribution in [0, 0.1) is 28.6 Å². The van der Waals surface area contributed by atoms with E-state index in [-0.39, 0.29) is 0 Å². The zero-order valence-corrected chi connectivity index (χ0v) is 23.4. The van der Waals surface area contributed by atoms with Crippen molar-refractivity contribution in [3.05, 3.63) is 121 Å². The normalized spacial score (nSPS) is 10.8. The fourth-order valence-corrected chi connectivity index (χ4v) is 26.0. The van der Waals surface area contributed by atoms with Crippen LogP contribution in [0.25, 0.3) is 0 Å². The Morgan fingerprint density at radius 1 is 0.375 bits per heavy atom. The predicted molar refractivity (Wildman–Crippen MR) is 141 cm³/mol. The molecule has 4 rings (SSSR count). The molecular formula is C30H22Sn2. The van der Waals surface area contributed by atoms with Crippen molar-refractivity contribution in [2.24, 2.45) is 0 Å². The van der Waals surface area contributed by atoms with Crippen LogP contribution in [0.5, 0.6) is 0 Å². The third-order valence-electron chi connectivity index (χ3n) is 5.70. The van der Waals surface area contributed by atoms with Crippen LogP contribution in [0.2, 0.25) is 0 Å². The topological polar surface area (TPSA) is 0 Å². The van der Waals surface area contributed by atoms with Gasteiger partial charge in [-0.1, -0.05) is 0 Å². The van der Waals surface area contributed by atoms with E-state index in [2.05, 4.69) is 113 Å². The summed E-state index contributed by atoms with van der Waals surface area (Å²) in [5, 5.41) is 0. The first-order valence-corrected chi connectivity index (χ1v) is 21.9. The summed E-state index contributed by atoms with van der Waals surface area (Å²) in [6, 6.07) is 41.6. The number of rotatable bonds is 4. The zero-order valence-electron chi connectivity index (χ0n) is 17.7. The fraction of sp³-hybridized carbons (Fsp3) is 0. The van der Waals surface area contributed by atoms with Crippen molar-refractivity contribution in [3.63, 3.8) is 0 Å². The quantitative estimate of drug-likeness (QED) is 0.244. The van der Waals surface area contributed by atoms with Gasteiger partial charge in [-0.25, -0.2) is 0 Å². The fourth-order valence-electron chi connectivity index (χ4n) is 3.97. The molecule has 0 nitrogen and oxygen atoms in total. The number of hydrogen-bond acceptors (Lipinski definition) is 0. The van der Waals surface area contributed by atoms with Gasteiger partial charge in [0.15, 0.2) is 0 Å². The van der Waals surface area contributed by atoms with Gasteiger partial charge in [0.05, 0.1) is 0 Å². The number of terminal acetylenes is 2. The number of hydrogen-bond donors (Lipinski definition) is 0. The first kappa shape index (κ1) is 22.4. The Hall–Kier alpha value is -2.84. The molecule has 0 atom stereocenters. The van der Waals surface area contributed by atoms with Crippen LogP contribution in [-0.4, -0.2) is 36.8 Å². The predicted octanol–water partition coefficient (Wildman–Crippen LogP) is 2.94. The van der Waals surface area contributed by atoms with Crippen molar-refractivity contribution < 1.29 is 0 Å². The molecule has 0 saturated carbocycles. The summed E-state index contributed by atoms with van der Waals surface area (Å²) in [5.41, 5.74) is 0. The van der Waals surface area contributed by atoms with E-state index < -0.39 is 36.8 Å². The van der Waals surface area contributed by atoms with Gasteiger partial charge < -0.3 is 0 Å². The van der Waals surface area contributed by atoms with Crippen molar-refractivity contribution in [3.8, 4) is 28.6 Å². The number of benzene rings is 4. The Kier molecular flexibility index (Phi) is 7.11. The Bertz CT molecular complexity index is 1130. The van der Waals surface area contributed by atoms with Gasteiger partial charge in [0.2, 0.25) is 0 Å². The summed E-state index contributed by atoms with van der Waals surface area (Å²) >= 11 is -7.53. The van der Waals surface area contributed by atoms with Crippen LogP contribution >= 0.6 is 0 Å². The third-order valence-corrected chi connectivity index (χ3v) is 26.8. The second-order valence-corrected chi connectivity index (χ2v) is 25.7. The van der Waals surface area contributed by atoms with Crippen molar-refractivity contribution in [1.29, 1.82) is 0 Å². The van der Waals surface area contributed by atoms with Crippen LogP contribution < -0.4 is 14.3 Å². The van der Waals surface area contributed by atoms with E-state index in [0.717, 1.165) is 0 Å². The standard InChI is InChI=1S/4C6H5.2C2H.C2.2Sn/c4*1-2-4-6-5-3-1;3*1-2;;/h4*1-5H;2*1H;;;. The molecule has 0 aliphatic heterocycles. The van der Waals surface area contributed by atoms with E-state index in [9.17, 15) is 0 Å². The Morgan fingerprint density at radius 3 is 0.781 bits per heavy atom. The Morgan fingerprint density at radius 2 is 0.594 bits per heavy atom. The second kappa shape index (κ2) is 10.2. The first-order valence-electron chi connectivity index (χ1n) is 10.5. The third kappa shape index (κ3) is 4.25. The molecule has 0 saturated heterocycles. The molecule has 0 amide bonds. The van der Waals surface area contributed by atoms with Gasteiger partial charge in [-0.3, -0.25) is 0 Å². The van der Waals surface area contributed by atoms with Crippen molar-refractivity contribution in [2.75, 3.05) is 0 Å². The molecule has 0 fully saturated rings. The monoisotopic (exact) mass is 622 g/mol. The van der Waals surface area contributed by atoms with Gasteiger partial charge in [-0.05, 0) is 0 Å². The maximum absolute atomic E-state index is 6.33. The maximum atomic E-state index is 6.33. The average Bonchev–Trinajstić information content (AvgIpc) is 2.89. The molecule has 0 aliphatic carbocycles. The van der Waals surface area contributed by atoms with Crippen molar-refractivity contribution >= 4 is 51.1 Å². The van der Waals surface area contributed by atoms with Crippen molar-refractivity contribution in [2.45, 2.75) is 0 Å². The molecule has 0 N–H and O–H groups in total. The summed E-state index contributed by atoms with van der Waals surface area (Å²) in [6.07, 6.45) is 12.7. The molecule has 0 heterocycles. The summed E-state index contributed by atoms with van der Waals surface area (Å²) in [7, 11) is 0. The Labute approximate surface area is 199 Å². The Balaban J connectivity index is 2.02. The SMILES string of the molecule is C#[C][Sn]([C]#[C][Sn]([C]#C)([c]1ccccc1)[c]1ccccc1)([c]1ccccc1)[c]1ccccc1. The molecule has 0 unspecified atom stereocenters. The van der Waals surface area contributed by atoms with Gasteiger partial charge in [-0.15, -0.1) is 0 Å². The molecule has 4 aromatic rings. The molecule has 0 aliphatic rings. The molecule has 0 spiro atoms. The molecule has 2 heteroatoms. The van der Waals surface area contributed by atoms with Gasteiger partial charge in [-0.2, -0.15) is 0 Å². The molecule has 0 bridgehead atoms. The van der Waals surface area contributed by atoms with Gasteiger partial charge >= 0.3 is 201 Å². The molecule has 0 radical (unpaired) electrons. The summed E-state index contributed by atoms with van der Waals surface area (Å²) in [4.78, 5) is 0. The summed E-state index contributed by atoms with van der Waals surface area (Å²) < 4.78 is 18.8. The van der Waals surface area contributed by atoms with E-state index in [1.165, 1.54) is 14.3 Å². The minimum atomic E-state index is -3.77. The first-order chi connectivity index (χ1) is 15.7. The van der Waals surface area contributed by atoms with E-state index >= 15 is 0 Å². The molecular weight excluding hydrogens is 598 g/mol.